The van der Waals surface area contributed by atoms with Crippen LogP contribution < -0.4 is 0 Å². The van der Waals surface area contributed by atoms with E-state index in [0.29, 0.717) is 10.9 Å². The van der Waals surface area contributed by atoms with Crippen molar-refractivity contribution in [3.63, 3.8) is 0 Å². The monoisotopic (exact) mass is 324 g/mol. The van der Waals surface area contributed by atoms with Crippen molar-refractivity contribution in [3.8, 4) is 5.69 Å². The largest absolute Gasteiger partial charge is 0.478 e. The number of hydrogen-bond donors (Lipinski definition) is 1. The van der Waals surface area contributed by atoms with Crippen LogP contribution in [0.15, 0.2) is 24.4 Å². The zero-order valence-corrected chi connectivity index (χ0v) is 11.0. The zero-order chi connectivity index (χ0) is 15.1. The van der Waals surface area contributed by atoms with Gasteiger partial charge in [-0.05, 0) is 18.2 Å². The van der Waals surface area contributed by atoms with E-state index < -0.39 is 23.4 Å². The molecule has 0 aliphatic heterocycles. The summed E-state index contributed by atoms with van der Waals surface area (Å²) in [5.41, 5.74) is -2.48. The van der Waals surface area contributed by atoms with E-state index in [2.05, 4.69) is 5.10 Å². The lowest BCUT2D eigenvalue weighted by Crippen LogP contribution is -2.17. The van der Waals surface area contributed by atoms with Gasteiger partial charge in [-0.3, -0.25) is 0 Å². The quantitative estimate of drug-likeness (QED) is 0.911. The Morgan fingerprint density at radius 2 is 1.95 bits per heavy atom. The molecule has 0 radical (unpaired) electrons. The molecule has 0 bridgehead atoms. The van der Waals surface area contributed by atoms with Crippen molar-refractivity contribution in [2.45, 2.75) is 6.18 Å². The lowest BCUT2D eigenvalue weighted by molar-refractivity contribution is -0.143. The normalized spacial score (nSPS) is 11.7. The fourth-order valence-electron chi connectivity index (χ4n) is 1.61. The molecule has 0 aliphatic carbocycles. The molecule has 2 aromatic rings. The first kappa shape index (κ1) is 14.7. The number of nitrogens with zero attached hydrogens (tertiary/aromatic N) is 2. The standard InChI is InChI=1S/C11H5Cl2F3N2O2/c12-5-1-2-8(7(13)3-5)18-9(11(14,15)16)6(4-17-18)10(19)20/h1-4H,(H,19,20). The topological polar surface area (TPSA) is 55.1 Å². The van der Waals surface area contributed by atoms with Gasteiger partial charge in [-0.25, -0.2) is 9.48 Å². The molecule has 1 heterocycles. The number of halogens is 5. The van der Waals surface area contributed by atoms with Gasteiger partial charge in [-0.15, -0.1) is 0 Å². The van der Waals surface area contributed by atoms with Gasteiger partial charge in [0, 0.05) is 5.02 Å². The van der Waals surface area contributed by atoms with E-state index in [9.17, 15) is 18.0 Å². The number of alkyl halides is 3. The molecule has 0 aliphatic rings. The van der Waals surface area contributed by atoms with Crippen molar-refractivity contribution >= 4 is 29.2 Å². The van der Waals surface area contributed by atoms with Crippen molar-refractivity contribution in [3.05, 3.63) is 45.7 Å². The van der Waals surface area contributed by atoms with Gasteiger partial charge >= 0.3 is 12.1 Å². The second-order valence-corrected chi connectivity index (χ2v) is 4.56. The number of benzene rings is 1. The van der Waals surface area contributed by atoms with Gasteiger partial charge < -0.3 is 5.11 Å². The first-order valence-corrected chi connectivity index (χ1v) is 5.81. The van der Waals surface area contributed by atoms with E-state index >= 15 is 0 Å². The van der Waals surface area contributed by atoms with Crippen molar-refractivity contribution in [2.24, 2.45) is 0 Å². The first-order valence-electron chi connectivity index (χ1n) is 5.05. The molecule has 0 amide bonds. The van der Waals surface area contributed by atoms with E-state index in [1.807, 2.05) is 0 Å². The third-order valence-electron chi connectivity index (χ3n) is 2.41. The van der Waals surface area contributed by atoms with Crippen LogP contribution in [0.2, 0.25) is 10.0 Å². The SMILES string of the molecule is O=C(O)c1cnn(-c2ccc(Cl)cc2Cl)c1C(F)(F)F. The molecule has 0 unspecified atom stereocenters. The fourth-order valence-corrected chi connectivity index (χ4v) is 2.10. The molecule has 1 N–H and O–H groups in total. The highest BCUT2D eigenvalue weighted by Crippen LogP contribution is 2.35. The van der Waals surface area contributed by atoms with Crippen LogP contribution in [0.1, 0.15) is 16.1 Å². The summed E-state index contributed by atoms with van der Waals surface area (Å²) in [6.45, 7) is 0. The van der Waals surface area contributed by atoms with E-state index in [0.717, 1.165) is 0 Å². The van der Waals surface area contributed by atoms with E-state index in [4.69, 9.17) is 28.3 Å². The van der Waals surface area contributed by atoms with E-state index in [-0.39, 0.29) is 15.7 Å². The first-order chi connectivity index (χ1) is 9.21. The molecule has 0 saturated heterocycles. The summed E-state index contributed by atoms with van der Waals surface area (Å²) < 4.78 is 39.5. The Hall–Kier alpha value is -1.73. The third kappa shape index (κ3) is 2.59. The molecule has 2 rings (SSSR count). The number of carboxylic acids is 1. The highest BCUT2D eigenvalue weighted by Gasteiger charge is 2.40. The Bertz CT molecular complexity index is 683. The third-order valence-corrected chi connectivity index (χ3v) is 2.94. The van der Waals surface area contributed by atoms with Gasteiger partial charge in [0.05, 0.1) is 16.9 Å². The second-order valence-electron chi connectivity index (χ2n) is 3.72. The Morgan fingerprint density at radius 1 is 1.30 bits per heavy atom. The van der Waals surface area contributed by atoms with Gasteiger partial charge in [0.2, 0.25) is 0 Å². The maximum absolute atomic E-state index is 13.0. The molecule has 1 aromatic carbocycles. The van der Waals surface area contributed by atoms with Crippen LogP contribution in [-0.2, 0) is 6.18 Å². The smallest absolute Gasteiger partial charge is 0.434 e. The molecule has 0 fully saturated rings. The Morgan fingerprint density at radius 3 is 2.45 bits per heavy atom. The van der Waals surface area contributed by atoms with Gasteiger partial charge in [-0.1, -0.05) is 23.2 Å². The predicted molar refractivity (Wildman–Crippen MR) is 65.5 cm³/mol. The highest BCUT2D eigenvalue weighted by molar-refractivity contribution is 6.35. The van der Waals surface area contributed by atoms with Crippen LogP contribution in [0, 0.1) is 0 Å². The van der Waals surface area contributed by atoms with Gasteiger partial charge in [0.1, 0.15) is 5.56 Å². The average molecular weight is 325 g/mol. The van der Waals surface area contributed by atoms with Crippen LogP contribution in [0.3, 0.4) is 0 Å². The van der Waals surface area contributed by atoms with Crippen molar-refractivity contribution in [1.29, 1.82) is 0 Å². The molecule has 106 valence electrons. The van der Waals surface area contributed by atoms with Crippen LogP contribution in [0.25, 0.3) is 5.69 Å². The molecular weight excluding hydrogens is 320 g/mol. The Kier molecular flexibility index (Phi) is 3.66. The number of carboxylic acid groups (broad SMARTS) is 1. The minimum Gasteiger partial charge on any atom is -0.478 e. The van der Waals surface area contributed by atoms with Crippen LogP contribution in [0.5, 0.6) is 0 Å². The summed E-state index contributed by atoms with van der Waals surface area (Å²) in [5, 5.41) is 12.4. The van der Waals surface area contributed by atoms with Crippen LogP contribution >= 0.6 is 23.2 Å². The Balaban J connectivity index is 2.72. The molecule has 1 aromatic heterocycles. The molecule has 9 heteroatoms. The summed E-state index contributed by atoms with van der Waals surface area (Å²) in [5.74, 6) is -1.73. The highest BCUT2D eigenvalue weighted by atomic mass is 35.5. The molecule has 4 nitrogen and oxygen atoms in total. The fraction of sp³-hybridized carbons (Fsp3) is 0.0909. The van der Waals surface area contributed by atoms with E-state index in [1.54, 1.807) is 0 Å². The number of aromatic carboxylic acids is 1. The zero-order valence-electron chi connectivity index (χ0n) is 9.45. The minimum absolute atomic E-state index is 0.0805. The lowest BCUT2D eigenvalue weighted by Gasteiger charge is -2.12. The molecule has 0 atom stereocenters. The van der Waals surface area contributed by atoms with Crippen molar-refractivity contribution in [2.75, 3.05) is 0 Å². The van der Waals surface area contributed by atoms with Gasteiger partial charge in [-0.2, -0.15) is 18.3 Å². The maximum atomic E-state index is 13.0. The van der Waals surface area contributed by atoms with Crippen molar-refractivity contribution < 1.29 is 23.1 Å². The number of hydrogen-bond acceptors (Lipinski definition) is 2. The minimum atomic E-state index is -4.90. The summed E-state index contributed by atoms with van der Waals surface area (Å²) in [4.78, 5) is 10.8. The maximum Gasteiger partial charge on any atom is 0.434 e. The molecule has 0 saturated carbocycles. The second kappa shape index (κ2) is 4.99. The van der Waals surface area contributed by atoms with Gasteiger partial charge in [0.25, 0.3) is 0 Å². The summed E-state index contributed by atoms with van der Waals surface area (Å²) in [6, 6.07) is 3.78. The van der Waals surface area contributed by atoms with Crippen LogP contribution in [0.4, 0.5) is 13.2 Å². The molecular formula is C11H5Cl2F3N2O2. The van der Waals surface area contributed by atoms with E-state index in [1.165, 1.54) is 18.2 Å². The lowest BCUT2D eigenvalue weighted by atomic mass is 10.2. The summed E-state index contributed by atoms with van der Waals surface area (Å²) in [7, 11) is 0. The molecule has 0 spiro atoms. The van der Waals surface area contributed by atoms with Gasteiger partial charge in [0.15, 0.2) is 5.69 Å². The number of aromatic nitrogens is 2. The average Bonchev–Trinajstić information content (AvgIpc) is 2.73. The van der Waals surface area contributed by atoms with Crippen LogP contribution in [-0.4, -0.2) is 20.9 Å². The van der Waals surface area contributed by atoms with Crippen molar-refractivity contribution in [1.82, 2.24) is 9.78 Å². The molecule has 20 heavy (non-hydrogen) atoms. The predicted octanol–water partition coefficient (Wildman–Crippen LogP) is 3.90. The summed E-state index contributed by atoms with van der Waals surface area (Å²) >= 11 is 11.5. The summed E-state index contributed by atoms with van der Waals surface area (Å²) in [6.07, 6.45) is -4.27. The number of rotatable bonds is 2. The Labute approximate surface area is 120 Å². The number of carbonyl (C=O) groups is 1.